The zero-order valence-corrected chi connectivity index (χ0v) is 6.55. The summed E-state index contributed by atoms with van der Waals surface area (Å²) in [6.45, 7) is 0. The van der Waals surface area contributed by atoms with E-state index in [1.165, 1.54) is 25.7 Å². The van der Waals surface area contributed by atoms with Crippen molar-refractivity contribution < 1.29 is 4.74 Å². The van der Waals surface area contributed by atoms with E-state index in [1.54, 1.807) is 0 Å². The first kappa shape index (κ1) is 6.01. The van der Waals surface area contributed by atoms with E-state index in [9.17, 15) is 0 Å². The van der Waals surface area contributed by atoms with Crippen molar-refractivity contribution in [2.75, 3.05) is 0 Å². The summed E-state index contributed by atoms with van der Waals surface area (Å²) in [5, 5.41) is 0. The minimum Gasteiger partial charge on any atom is -0.354 e. The lowest BCUT2D eigenvalue weighted by molar-refractivity contribution is 0.307. The van der Waals surface area contributed by atoms with Crippen molar-refractivity contribution in [3.63, 3.8) is 0 Å². The lowest BCUT2D eigenvalue weighted by Gasteiger charge is -2.21. The summed E-state index contributed by atoms with van der Waals surface area (Å²) in [7, 11) is 0. The van der Waals surface area contributed by atoms with Gasteiger partial charge in [0.1, 0.15) is 11.2 Å². The first-order valence-corrected chi connectivity index (χ1v) is 4.44. The quantitative estimate of drug-likeness (QED) is 0.480. The fourth-order valence-corrected chi connectivity index (χ4v) is 2.54. The number of epoxide rings is 1. The molecule has 2 atom stereocenters. The maximum absolute atomic E-state index is 5.84. The van der Waals surface area contributed by atoms with Gasteiger partial charge in [0.15, 0.2) is 0 Å². The third-order valence-electron chi connectivity index (χ3n) is 3.23. The molecule has 1 saturated heterocycles. The van der Waals surface area contributed by atoms with Crippen LogP contribution in [0.15, 0.2) is 24.3 Å². The smallest absolute Gasteiger partial charge is 0.120 e. The van der Waals surface area contributed by atoms with E-state index in [1.807, 2.05) is 0 Å². The Morgan fingerprint density at radius 2 is 1.45 bits per heavy atom. The normalized spacial score (nSPS) is 51.6. The van der Waals surface area contributed by atoms with E-state index in [0.717, 1.165) is 0 Å². The van der Waals surface area contributed by atoms with E-state index in [4.69, 9.17) is 4.74 Å². The van der Waals surface area contributed by atoms with Gasteiger partial charge >= 0.3 is 0 Å². The Morgan fingerprint density at radius 1 is 0.909 bits per heavy atom. The van der Waals surface area contributed by atoms with Crippen LogP contribution >= 0.6 is 0 Å². The molecule has 2 aliphatic carbocycles. The van der Waals surface area contributed by atoms with Crippen molar-refractivity contribution in [1.29, 1.82) is 0 Å². The van der Waals surface area contributed by atoms with Crippen LogP contribution in [0.2, 0.25) is 0 Å². The van der Waals surface area contributed by atoms with E-state index in [2.05, 4.69) is 24.3 Å². The first-order chi connectivity index (χ1) is 5.37. The molecule has 2 unspecified atom stereocenters. The van der Waals surface area contributed by atoms with Gasteiger partial charge in [0, 0.05) is 0 Å². The molecule has 0 amide bonds. The molecule has 0 aromatic carbocycles. The van der Waals surface area contributed by atoms with Gasteiger partial charge in [-0.25, -0.2) is 0 Å². The molecular weight excluding hydrogens is 136 g/mol. The van der Waals surface area contributed by atoms with Gasteiger partial charge in [-0.2, -0.15) is 0 Å². The number of hydrogen-bond acceptors (Lipinski definition) is 1. The Hall–Kier alpha value is -0.560. The molecule has 0 radical (unpaired) electrons. The Labute approximate surface area is 66.7 Å². The fraction of sp³-hybridized carbons (Fsp3) is 0.600. The molecule has 0 aromatic rings. The summed E-state index contributed by atoms with van der Waals surface area (Å²) >= 11 is 0. The van der Waals surface area contributed by atoms with E-state index in [0.29, 0.717) is 0 Å². The maximum Gasteiger partial charge on any atom is 0.120 e. The minimum atomic E-state index is 0.153. The molecule has 0 N–H and O–H groups in total. The second-order valence-electron chi connectivity index (χ2n) is 3.81. The second kappa shape index (κ2) is 1.61. The Balaban J connectivity index is 2.03. The molecular formula is C10H12O. The highest BCUT2D eigenvalue weighted by Gasteiger charge is 2.67. The average Bonchev–Trinajstić information content (AvgIpc) is 2.72. The van der Waals surface area contributed by atoms with E-state index >= 15 is 0 Å². The maximum atomic E-state index is 5.84. The van der Waals surface area contributed by atoms with Crippen LogP contribution < -0.4 is 0 Å². The first-order valence-electron chi connectivity index (χ1n) is 4.44. The Morgan fingerprint density at radius 3 is 2.00 bits per heavy atom. The van der Waals surface area contributed by atoms with Crippen LogP contribution in [-0.4, -0.2) is 11.2 Å². The summed E-state index contributed by atoms with van der Waals surface area (Å²) in [6, 6.07) is 0. The van der Waals surface area contributed by atoms with Crippen LogP contribution in [0.5, 0.6) is 0 Å². The standard InChI is InChI=1S/C10H12O/c1-2-6-10-8-4-3-7-9(10,5-1)11-10/h1-2,5-6H,3-4,7-8H2. The van der Waals surface area contributed by atoms with E-state index in [-0.39, 0.29) is 11.2 Å². The lowest BCUT2D eigenvalue weighted by atomic mass is 9.77. The van der Waals surface area contributed by atoms with Gasteiger partial charge in [-0.3, -0.25) is 0 Å². The number of allylic oxidation sites excluding steroid dienone is 2. The molecule has 58 valence electrons. The SMILES string of the molecule is C1=CC23CCCCC2(C=C1)O3. The summed E-state index contributed by atoms with van der Waals surface area (Å²) in [5.41, 5.74) is 0.306. The van der Waals surface area contributed by atoms with Gasteiger partial charge in [0.2, 0.25) is 0 Å². The topological polar surface area (TPSA) is 12.5 Å². The molecule has 1 heteroatoms. The molecule has 11 heavy (non-hydrogen) atoms. The van der Waals surface area contributed by atoms with Gasteiger partial charge < -0.3 is 4.74 Å². The van der Waals surface area contributed by atoms with Crippen LogP contribution in [0.1, 0.15) is 25.7 Å². The lowest BCUT2D eigenvalue weighted by Crippen LogP contribution is -2.27. The molecule has 0 aromatic heterocycles. The highest BCUT2D eigenvalue weighted by molar-refractivity contribution is 5.39. The number of ether oxygens (including phenoxy) is 1. The van der Waals surface area contributed by atoms with Crippen molar-refractivity contribution in [1.82, 2.24) is 0 Å². The molecule has 3 aliphatic rings. The van der Waals surface area contributed by atoms with Gasteiger partial charge in [-0.1, -0.05) is 12.2 Å². The van der Waals surface area contributed by atoms with Crippen LogP contribution in [0, 0.1) is 0 Å². The molecule has 1 aliphatic heterocycles. The van der Waals surface area contributed by atoms with Crippen LogP contribution in [0.4, 0.5) is 0 Å². The van der Waals surface area contributed by atoms with Gasteiger partial charge in [0.25, 0.3) is 0 Å². The molecule has 2 fully saturated rings. The zero-order valence-electron chi connectivity index (χ0n) is 6.55. The Kier molecular flexibility index (Phi) is 0.880. The van der Waals surface area contributed by atoms with Gasteiger partial charge in [-0.05, 0) is 37.8 Å². The highest BCUT2D eigenvalue weighted by atomic mass is 16.6. The predicted octanol–water partition coefficient (Wildman–Crippen LogP) is 2.19. The summed E-state index contributed by atoms with van der Waals surface area (Å²) < 4.78 is 5.84. The minimum absolute atomic E-state index is 0.153. The van der Waals surface area contributed by atoms with Crippen molar-refractivity contribution in [2.45, 2.75) is 36.9 Å². The van der Waals surface area contributed by atoms with Gasteiger partial charge in [-0.15, -0.1) is 0 Å². The van der Waals surface area contributed by atoms with E-state index < -0.39 is 0 Å². The molecule has 0 spiro atoms. The van der Waals surface area contributed by atoms with Crippen molar-refractivity contribution in [3.8, 4) is 0 Å². The number of rotatable bonds is 0. The summed E-state index contributed by atoms with van der Waals surface area (Å²) in [4.78, 5) is 0. The van der Waals surface area contributed by atoms with Crippen LogP contribution in [0.3, 0.4) is 0 Å². The monoisotopic (exact) mass is 148 g/mol. The molecule has 1 saturated carbocycles. The molecule has 1 heterocycles. The third-order valence-corrected chi connectivity index (χ3v) is 3.23. The summed E-state index contributed by atoms with van der Waals surface area (Å²) in [5.74, 6) is 0. The fourth-order valence-electron chi connectivity index (χ4n) is 2.54. The summed E-state index contributed by atoms with van der Waals surface area (Å²) in [6.07, 6.45) is 13.9. The molecule has 3 rings (SSSR count). The average molecular weight is 148 g/mol. The second-order valence-corrected chi connectivity index (χ2v) is 3.81. The Bertz CT molecular complexity index is 228. The van der Waals surface area contributed by atoms with Crippen LogP contribution in [-0.2, 0) is 4.74 Å². The van der Waals surface area contributed by atoms with Crippen molar-refractivity contribution in [3.05, 3.63) is 24.3 Å². The van der Waals surface area contributed by atoms with Gasteiger partial charge in [0.05, 0.1) is 0 Å². The largest absolute Gasteiger partial charge is 0.354 e. The number of hydrogen-bond donors (Lipinski definition) is 0. The predicted molar refractivity (Wildman–Crippen MR) is 43.3 cm³/mol. The highest BCUT2D eigenvalue weighted by Crippen LogP contribution is 2.60. The molecule has 0 bridgehead atoms. The molecule has 1 nitrogen and oxygen atoms in total. The van der Waals surface area contributed by atoms with Crippen LogP contribution in [0.25, 0.3) is 0 Å². The zero-order chi connectivity index (χ0) is 7.36. The van der Waals surface area contributed by atoms with Crippen molar-refractivity contribution in [2.24, 2.45) is 0 Å². The van der Waals surface area contributed by atoms with Crippen molar-refractivity contribution >= 4 is 0 Å². The third kappa shape index (κ3) is 0.564.